The van der Waals surface area contributed by atoms with Gasteiger partial charge in [0, 0.05) is 19.2 Å². The monoisotopic (exact) mass is 314 g/mol. The van der Waals surface area contributed by atoms with Gasteiger partial charge in [0.1, 0.15) is 4.90 Å². The molecular weight excluding hydrogens is 296 g/mol. The highest BCUT2D eigenvalue weighted by Crippen LogP contribution is 2.23. The van der Waals surface area contributed by atoms with Crippen LogP contribution in [-0.4, -0.2) is 44.7 Å². The summed E-state index contributed by atoms with van der Waals surface area (Å²) in [4.78, 5) is 22.3. The van der Waals surface area contributed by atoms with Gasteiger partial charge < -0.3 is 16.8 Å². The largest absolute Gasteiger partial charge is 0.398 e. The van der Waals surface area contributed by atoms with Gasteiger partial charge in [-0.2, -0.15) is 4.31 Å². The van der Waals surface area contributed by atoms with E-state index in [1.54, 1.807) is 6.92 Å². The van der Waals surface area contributed by atoms with E-state index >= 15 is 0 Å². The van der Waals surface area contributed by atoms with E-state index in [1.807, 2.05) is 0 Å². The average Bonchev–Trinajstić information content (AvgIpc) is 2.43. The Bertz CT molecular complexity index is 657. The number of amides is 2. The Morgan fingerprint density at radius 1 is 1.33 bits per heavy atom. The lowest BCUT2D eigenvalue weighted by atomic mass is 10.2. The van der Waals surface area contributed by atoms with Crippen LogP contribution in [0.4, 0.5) is 5.69 Å². The van der Waals surface area contributed by atoms with Crippen molar-refractivity contribution in [2.45, 2.75) is 11.8 Å². The molecule has 0 spiro atoms. The van der Waals surface area contributed by atoms with E-state index in [2.05, 4.69) is 5.32 Å². The number of anilines is 1. The average molecular weight is 314 g/mol. The van der Waals surface area contributed by atoms with Gasteiger partial charge in [0.2, 0.25) is 21.8 Å². The zero-order chi connectivity index (χ0) is 16.2. The molecule has 0 saturated heterocycles. The summed E-state index contributed by atoms with van der Waals surface area (Å²) in [5.41, 5.74) is 10.8. The number of primary amides is 1. The molecule has 0 aliphatic rings. The van der Waals surface area contributed by atoms with E-state index in [9.17, 15) is 18.0 Å². The van der Waals surface area contributed by atoms with Crippen molar-refractivity contribution in [2.24, 2.45) is 5.73 Å². The van der Waals surface area contributed by atoms with Gasteiger partial charge in [-0.15, -0.1) is 0 Å². The number of rotatable bonds is 6. The molecule has 116 valence electrons. The van der Waals surface area contributed by atoms with E-state index in [4.69, 9.17) is 11.5 Å². The van der Waals surface area contributed by atoms with Crippen molar-refractivity contribution in [1.29, 1.82) is 0 Å². The Balaban J connectivity index is 3.23. The summed E-state index contributed by atoms with van der Waals surface area (Å²) in [7, 11) is -2.52. The molecule has 0 fully saturated rings. The SMILES string of the molecule is CCN(CC(=O)NC)S(=O)(=O)c1ccc(C(N)=O)cc1N. The first-order valence-corrected chi connectivity index (χ1v) is 7.58. The van der Waals surface area contributed by atoms with Crippen molar-refractivity contribution in [3.63, 3.8) is 0 Å². The minimum atomic E-state index is -3.93. The van der Waals surface area contributed by atoms with Gasteiger partial charge in [0.15, 0.2) is 0 Å². The van der Waals surface area contributed by atoms with Crippen molar-refractivity contribution in [3.05, 3.63) is 23.8 Å². The van der Waals surface area contributed by atoms with Crippen LogP contribution in [0.25, 0.3) is 0 Å². The normalized spacial score (nSPS) is 11.4. The fourth-order valence-corrected chi connectivity index (χ4v) is 3.18. The maximum absolute atomic E-state index is 12.5. The molecule has 0 unspecified atom stereocenters. The first-order valence-electron chi connectivity index (χ1n) is 6.14. The summed E-state index contributed by atoms with van der Waals surface area (Å²) in [6, 6.07) is 3.68. The minimum Gasteiger partial charge on any atom is -0.398 e. The van der Waals surface area contributed by atoms with Crippen molar-refractivity contribution >= 4 is 27.5 Å². The van der Waals surface area contributed by atoms with Gasteiger partial charge in [0.25, 0.3) is 0 Å². The zero-order valence-electron chi connectivity index (χ0n) is 11.8. The number of sulfonamides is 1. The van der Waals surface area contributed by atoms with Crippen LogP contribution in [0.5, 0.6) is 0 Å². The molecule has 0 radical (unpaired) electrons. The molecule has 0 aliphatic heterocycles. The molecular formula is C12H18N4O4S. The summed E-state index contributed by atoms with van der Waals surface area (Å²) < 4.78 is 25.9. The summed E-state index contributed by atoms with van der Waals surface area (Å²) in [6.07, 6.45) is 0. The van der Waals surface area contributed by atoms with Crippen LogP contribution in [0, 0.1) is 0 Å². The van der Waals surface area contributed by atoms with Gasteiger partial charge in [-0.25, -0.2) is 8.42 Å². The first-order chi connectivity index (χ1) is 9.73. The molecule has 0 saturated carbocycles. The van der Waals surface area contributed by atoms with Crippen LogP contribution in [0.3, 0.4) is 0 Å². The second-order valence-electron chi connectivity index (χ2n) is 4.22. The standard InChI is InChI=1S/C12H18N4O4S/c1-3-16(7-11(17)15-2)21(19,20)10-5-4-8(12(14)18)6-9(10)13/h4-6H,3,7,13H2,1-2H3,(H2,14,18)(H,15,17). The summed E-state index contributed by atoms with van der Waals surface area (Å²) in [5, 5.41) is 2.35. The molecule has 9 heteroatoms. The van der Waals surface area contributed by atoms with Gasteiger partial charge in [-0.05, 0) is 18.2 Å². The van der Waals surface area contributed by atoms with Crippen LogP contribution < -0.4 is 16.8 Å². The highest BCUT2D eigenvalue weighted by atomic mass is 32.2. The molecule has 0 aromatic heterocycles. The molecule has 0 bridgehead atoms. The van der Waals surface area contributed by atoms with Crippen molar-refractivity contribution in [1.82, 2.24) is 9.62 Å². The molecule has 1 aromatic rings. The molecule has 0 heterocycles. The number of hydrogen-bond donors (Lipinski definition) is 3. The van der Waals surface area contributed by atoms with Crippen LogP contribution in [-0.2, 0) is 14.8 Å². The molecule has 0 aliphatic carbocycles. The zero-order valence-corrected chi connectivity index (χ0v) is 12.6. The molecule has 1 rings (SSSR count). The number of nitrogens with one attached hydrogen (secondary N) is 1. The van der Waals surface area contributed by atoms with E-state index < -0.39 is 21.8 Å². The Morgan fingerprint density at radius 2 is 1.95 bits per heavy atom. The third kappa shape index (κ3) is 3.70. The van der Waals surface area contributed by atoms with Crippen LogP contribution in [0.1, 0.15) is 17.3 Å². The first kappa shape index (κ1) is 16.9. The summed E-state index contributed by atoms with van der Waals surface area (Å²) in [5.74, 6) is -1.14. The maximum Gasteiger partial charge on any atom is 0.248 e. The van der Waals surface area contributed by atoms with Crippen molar-refractivity contribution in [3.8, 4) is 0 Å². The quantitative estimate of drug-likeness (QED) is 0.586. The van der Waals surface area contributed by atoms with E-state index in [0.717, 1.165) is 4.31 Å². The Kier molecular flexibility index (Phi) is 5.28. The van der Waals surface area contributed by atoms with Gasteiger partial charge in [0.05, 0.1) is 12.2 Å². The number of carbonyl (C=O) groups is 2. The lowest BCUT2D eigenvalue weighted by Gasteiger charge is -2.20. The highest BCUT2D eigenvalue weighted by Gasteiger charge is 2.27. The lowest BCUT2D eigenvalue weighted by molar-refractivity contribution is -0.120. The second-order valence-corrected chi connectivity index (χ2v) is 6.13. The van der Waals surface area contributed by atoms with E-state index in [1.165, 1.54) is 25.2 Å². The van der Waals surface area contributed by atoms with Gasteiger partial charge in [-0.3, -0.25) is 9.59 Å². The van der Waals surface area contributed by atoms with Gasteiger partial charge in [-0.1, -0.05) is 6.92 Å². The van der Waals surface area contributed by atoms with Crippen molar-refractivity contribution < 1.29 is 18.0 Å². The lowest BCUT2D eigenvalue weighted by Crippen LogP contribution is -2.39. The Labute approximate surface area is 123 Å². The third-order valence-electron chi connectivity index (χ3n) is 2.86. The van der Waals surface area contributed by atoms with E-state index in [0.29, 0.717) is 0 Å². The summed E-state index contributed by atoms with van der Waals surface area (Å²) >= 11 is 0. The Hall–Kier alpha value is -2.13. The molecule has 8 nitrogen and oxygen atoms in total. The van der Waals surface area contributed by atoms with E-state index in [-0.39, 0.29) is 29.2 Å². The number of nitrogens with zero attached hydrogens (tertiary/aromatic N) is 1. The second kappa shape index (κ2) is 6.55. The minimum absolute atomic E-state index is 0.0957. The van der Waals surface area contributed by atoms with Crippen LogP contribution in [0.2, 0.25) is 0 Å². The molecule has 1 aromatic carbocycles. The highest BCUT2D eigenvalue weighted by molar-refractivity contribution is 7.89. The predicted molar refractivity (Wildman–Crippen MR) is 77.9 cm³/mol. The number of benzene rings is 1. The molecule has 2 amide bonds. The molecule has 21 heavy (non-hydrogen) atoms. The number of nitrogens with two attached hydrogens (primary N) is 2. The third-order valence-corrected chi connectivity index (χ3v) is 4.86. The number of likely N-dealkylation sites (N-methyl/N-ethyl adjacent to an activating group) is 2. The number of hydrogen-bond acceptors (Lipinski definition) is 5. The predicted octanol–water partition coefficient (Wildman–Crippen LogP) is -0.876. The van der Waals surface area contributed by atoms with Crippen LogP contribution in [0.15, 0.2) is 23.1 Å². The molecule has 0 atom stereocenters. The van der Waals surface area contributed by atoms with Crippen LogP contribution >= 0.6 is 0 Å². The fourth-order valence-electron chi connectivity index (χ4n) is 1.68. The molecule has 5 N–H and O–H groups in total. The Morgan fingerprint density at radius 3 is 2.38 bits per heavy atom. The fraction of sp³-hybridized carbons (Fsp3) is 0.333. The topological polar surface area (TPSA) is 136 Å². The summed E-state index contributed by atoms with van der Waals surface area (Å²) in [6.45, 7) is 1.40. The smallest absolute Gasteiger partial charge is 0.248 e. The number of nitrogen functional groups attached to an aromatic ring is 1. The maximum atomic E-state index is 12.5. The van der Waals surface area contributed by atoms with Gasteiger partial charge >= 0.3 is 0 Å². The number of carbonyl (C=O) groups excluding carboxylic acids is 2. The van der Waals surface area contributed by atoms with Crippen molar-refractivity contribution in [2.75, 3.05) is 25.9 Å².